The molecule has 0 fully saturated rings. The van der Waals surface area contributed by atoms with Gasteiger partial charge in [-0.25, -0.2) is 0 Å². The van der Waals surface area contributed by atoms with Gasteiger partial charge in [-0.3, -0.25) is 29.1 Å². The standard InChI is InChI=1S/C36H35N5O5/c1-46-30(42)16-4-2-3-5-21-39-34(43)27-19-17-24(18-20-27)31(35(44)40-28-14-6-10-25-12-8-22-37-32(25)28)36(45)41-29-15-7-11-26-13-9-23-38-33(26)29/h6-15,17-20,22-23,31H,2-5,16,21H2,1H3,(H,39,43)(H,40,44)(H,41,45). The predicted molar refractivity (Wildman–Crippen MR) is 177 cm³/mol. The summed E-state index contributed by atoms with van der Waals surface area (Å²) in [5, 5.41) is 10.4. The maximum atomic E-state index is 13.9. The number of esters is 1. The number of benzene rings is 3. The number of pyridine rings is 2. The Kier molecular flexibility index (Phi) is 10.6. The second-order valence-electron chi connectivity index (χ2n) is 10.8. The van der Waals surface area contributed by atoms with E-state index in [4.69, 9.17) is 0 Å². The molecule has 0 saturated carbocycles. The SMILES string of the molecule is COC(=O)CCCCCCNC(=O)c1ccc(C(C(=O)Nc2cccc3cccnc23)C(=O)Nc2cccc3cccnc23)cc1. The number of nitrogens with one attached hydrogen (secondary N) is 3. The number of ether oxygens (including phenoxy) is 1. The van der Waals surface area contributed by atoms with E-state index >= 15 is 0 Å². The van der Waals surface area contributed by atoms with Crippen molar-refractivity contribution in [3.63, 3.8) is 0 Å². The fraction of sp³-hybridized carbons (Fsp3) is 0.222. The van der Waals surface area contributed by atoms with Crippen molar-refractivity contribution >= 4 is 56.9 Å². The van der Waals surface area contributed by atoms with E-state index in [0.717, 1.165) is 36.5 Å². The van der Waals surface area contributed by atoms with Crippen LogP contribution in [-0.2, 0) is 19.1 Å². The highest BCUT2D eigenvalue weighted by atomic mass is 16.5. The summed E-state index contributed by atoms with van der Waals surface area (Å²) in [6.45, 7) is 0.490. The van der Waals surface area contributed by atoms with E-state index in [9.17, 15) is 19.2 Å². The number of rotatable bonds is 13. The smallest absolute Gasteiger partial charge is 0.305 e. The van der Waals surface area contributed by atoms with Gasteiger partial charge in [-0.15, -0.1) is 0 Å². The number of nitrogens with zero attached hydrogens (tertiary/aromatic N) is 2. The van der Waals surface area contributed by atoms with Crippen LogP contribution in [0.25, 0.3) is 21.8 Å². The van der Waals surface area contributed by atoms with E-state index < -0.39 is 17.7 Å². The second-order valence-corrected chi connectivity index (χ2v) is 10.8. The Hall–Kier alpha value is -5.64. The van der Waals surface area contributed by atoms with Gasteiger partial charge in [0.15, 0.2) is 0 Å². The molecular formula is C36H35N5O5. The second kappa shape index (κ2) is 15.4. The molecule has 0 unspecified atom stereocenters. The summed E-state index contributed by atoms with van der Waals surface area (Å²) in [4.78, 5) is 60.6. The summed E-state index contributed by atoms with van der Waals surface area (Å²) in [5.41, 5.74) is 2.99. The number of aromatic nitrogens is 2. The molecule has 234 valence electrons. The highest BCUT2D eigenvalue weighted by Gasteiger charge is 2.30. The zero-order chi connectivity index (χ0) is 32.3. The largest absolute Gasteiger partial charge is 0.469 e. The topological polar surface area (TPSA) is 139 Å². The first-order valence-corrected chi connectivity index (χ1v) is 15.2. The van der Waals surface area contributed by atoms with Crippen molar-refractivity contribution in [1.29, 1.82) is 0 Å². The summed E-state index contributed by atoms with van der Waals surface area (Å²) >= 11 is 0. The van der Waals surface area contributed by atoms with E-state index in [2.05, 4.69) is 30.7 Å². The summed E-state index contributed by atoms with van der Waals surface area (Å²) in [5.74, 6) is -2.82. The van der Waals surface area contributed by atoms with Crippen molar-refractivity contribution in [1.82, 2.24) is 15.3 Å². The van der Waals surface area contributed by atoms with Gasteiger partial charge in [-0.1, -0.05) is 61.4 Å². The number of methoxy groups -OCH3 is 1. The summed E-state index contributed by atoms with van der Waals surface area (Å²) in [6, 6.07) is 24.8. The van der Waals surface area contributed by atoms with Crippen LogP contribution in [0.5, 0.6) is 0 Å². The van der Waals surface area contributed by atoms with E-state index in [-0.39, 0.29) is 11.9 Å². The highest BCUT2D eigenvalue weighted by Crippen LogP contribution is 2.27. The molecule has 3 amide bonds. The third-order valence-electron chi connectivity index (χ3n) is 7.63. The van der Waals surface area contributed by atoms with E-state index in [0.29, 0.717) is 46.5 Å². The number of hydrogen-bond donors (Lipinski definition) is 3. The Balaban J connectivity index is 1.31. The first kappa shape index (κ1) is 31.8. The number of amides is 3. The van der Waals surface area contributed by atoms with Gasteiger partial charge in [0.25, 0.3) is 5.91 Å². The Labute approximate surface area is 266 Å². The van der Waals surface area contributed by atoms with Gasteiger partial charge in [0.05, 0.1) is 29.5 Å². The van der Waals surface area contributed by atoms with E-state index in [1.807, 2.05) is 48.5 Å². The normalized spacial score (nSPS) is 10.9. The quantitative estimate of drug-likeness (QED) is 0.0837. The van der Waals surface area contributed by atoms with Gasteiger partial charge in [0.1, 0.15) is 5.92 Å². The molecule has 10 heteroatoms. The van der Waals surface area contributed by atoms with Crippen molar-refractivity contribution in [2.75, 3.05) is 24.3 Å². The Morgan fingerprint density at radius 3 is 1.78 bits per heavy atom. The average Bonchev–Trinajstić information content (AvgIpc) is 3.08. The van der Waals surface area contributed by atoms with Crippen molar-refractivity contribution in [3.8, 4) is 0 Å². The number of unbranched alkanes of at least 4 members (excludes halogenated alkanes) is 3. The molecule has 0 aliphatic carbocycles. The Morgan fingerprint density at radius 1 is 0.674 bits per heavy atom. The fourth-order valence-corrected chi connectivity index (χ4v) is 5.22. The van der Waals surface area contributed by atoms with Crippen molar-refractivity contribution < 1.29 is 23.9 Å². The third-order valence-corrected chi connectivity index (χ3v) is 7.63. The maximum Gasteiger partial charge on any atom is 0.305 e. The molecule has 2 aromatic heterocycles. The molecule has 5 aromatic rings. The predicted octanol–water partition coefficient (Wildman–Crippen LogP) is 6.00. The number of carbonyl (C=O) groups excluding carboxylic acids is 4. The van der Waals surface area contributed by atoms with Crippen LogP contribution in [0.15, 0.2) is 97.3 Å². The molecule has 0 bridgehead atoms. The summed E-state index contributed by atoms with van der Waals surface area (Å²) < 4.78 is 4.65. The van der Waals surface area contributed by atoms with Gasteiger partial charge >= 0.3 is 5.97 Å². The van der Waals surface area contributed by atoms with Crippen molar-refractivity contribution in [2.24, 2.45) is 0 Å². The van der Waals surface area contributed by atoms with Gasteiger partial charge in [0, 0.05) is 41.7 Å². The fourth-order valence-electron chi connectivity index (χ4n) is 5.22. The highest BCUT2D eigenvalue weighted by molar-refractivity contribution is 6.17. The molecular weight excluding hydrogens is 582 g/mol. The van der Waals surface area contributed by atoms with E-state index in [1.54, 1.807) is 48.8 Å². The van der Waals surface area contributed by atoms with Crippen LogP contribution in [0.2, 0.25) is 0 Å². The number of anilines is 2. The molecule has 0 aliphatic heterocycles. The molecule has 3 N–H and O–H groups in total. The minimum absolute atomic E-state index is 0.218. The minimum Gasteiger partial charge on any atom is -0.469 e. The van der Waals surface area contributed by atoms with Crippen LogP contribution in [0.1, 0.15) is 53.9 Å². The molecule has 0 spiro atoms. The monoisotopic (exact) mass is 617 g/mol. The summed E-state index contributed by atoms with van der Waals surface area (Å²) in [7, 11) is 1.38. The zero-order valence-electron chi connectivity index (χ0n) is 25.5. The molecule has 0 radical (unpaired) electrons. The van der Waals surface area contributed by atoms with Crippen LogP contribution in [0.4, 0.5) is 11.4 Å². The first-order chi connectivity index (χ1) is 22.4. The average molecular weight is 618 g/mol. The van der Waals surface area contributed by atoms with Crippen molar-refractivity contribution in [3.05, 3.63) is 108 Å². The van der Waals surface area contributed by atoms with Crippen molar-refractivity contribution in [2.45, 2.75) is 38.0 Å². The molecule has 0 aliphatic rings. The van der Waals surface area contributed by atoms with Gasteiger partial charge in [-0.05, 0) is 54.8 Å². The van der Waals surface area contributed by atoms with Gasteiger partial charge < -0.3 is 20.7 Å². The molecule has 0 saturated heterocycles. The molecule has 2 heterocycles. The molecule has 46 heavy (non-hydrogen) atoms. The van der Waals surface area contributed by atoms with Crippen LogP contribution >= 0.6 is 0 Å². The minimum atomic E-state index is -1.25. The van der Waals surface area contributed by atoms with Crippen LogP contribution < -0.4 is 16.0 Å². The number of hydrogen-bond acceptors (Lipinski definition) is 7. The molecule has 10 nitrogen and oxygen atoms in total. The Morgan fingerprint density at radius 2 is 1.22 bits per heavy atom. The Bertz CT molecular complexity index is 1750. The lowest BCUT2D eigenvalue weighted by Gasteiger charge is -2.19. The molecule has 3 aromatic carbocycles. The zero-order valence-corrected chi connectivity index (χ0v) is 25.5. The molecule has 5 rings (SSSR count). The van der Waals surface area contributed by atoms with Crippen LogP contribution in [-0.4, -0.2) is 47.3 Å². The first-order valence-electron chi connectivity index (χ1n) is 15.2. The van der Waals surface area contributed by atoms with E-state index in [1.165, 1.54) is 7.11 Å². The third kappa shape index (κ3) is 7.89. The lowest BCUT2D eigenvalue weighted by molar-refractivity contribution is -0.140. The van der Waals surface area contributed by atoms with Gasteiger partial charge in [-0.2, -0.15) is 0 Å². The number of para-hydroxylation sites is 2. The molecule has 0 atom stereocenters. The van der Waals surface area contributed by atoms with Gasteiger partial charge in [0.2, 0.25) is 11.8 Å². The summed E-state index contributed by atoms with van der Waals surface area (Å²) in [6.07, 6.45) is 6.95. The lowest BCUT2D eigenvalue weighted by Crippen LogP contribution is -2.32. The maximum absolute atomic E-state index is 13.9. The number of fused-ring (bicyclic) bond motifs is 2. The van der Waals surface area contributed by atoms with Crippen LogP contribution in [0, 0.1) is 0 Å². The number of carbonyl (C=O) groups is 4. The van der Waals surface area contributed by atoms with Crippen LogP contribution in [0.3, 0.4) is 0 Å². The lowest BCUT2D eigenvalue weighted by atomic mass is 9.95.